The molecule has 0 atom stereocenters. The predicted octanol–water partition coefficient (Wildman–Crippen LogP) is 1.02. The van der Waals surface area contributed by atoms with Gasteiger partial charge < -0.3 is 0 Å². The van der Waals surface area contributed by atoms with Crippen molar-refractivity contribution in [3.8, 4) is 0 Å². The molecule has 0 unspecified atom stereocenters. The fraction of sp³-hybridized carbons (Fsp3) is 0.600. The maximum atomic E-state index is 11.5. The number of hydrogen-bond donors (Lipinski definition) is 1. The Balaban J connectivity index is 1.81. The van der Waals surface area contributed by atoms with Crippen LogP contribution in [0.2, 0.25) is 0 Å². The predicted molar refractivity (Wildman–Crippen MR) is 54.0 cm³/mol. The van der Waals surface area contributed by atoms with Crippen LogP contribution in [0.3, 0.4) is 0 Å². The van der Waals surface area contributed by atoms with E-state index in [2.05, 4.69) is 10.6 Å². The molecule has 1 aromatic rings. The van der Waals surface area contributed by atoms with Crippen molar-refractivity contribution in [2.75, 3.05) is 0 Å². The number of carbonyl (C=O) groups is 1. The molecule has 1 aromatic heterocycles. The minimum Gasteiger partial charge on any atom is -0.275 e. The Labute approximate surface area is 88.4 Å². The minimum absolute atomic E-state index is 0.186. The van der Waals surface area contributed by atoms with Crippen LogP contribution in [-0.4, -0.2) is 21.8 Å². The molecule has 2 rings (SSSR count). The molecular weight excluding hydrogens is 194 g/mol. The highest BCUT2D eigenvalue weighted by Crippen LogP contribution is 2.19. The Bertz CT molecular complexity index is 342. The maximum absolute atomic E-state index is 11.5. The van der Waals surface area contributed by atoms with Gasteiger partial charge in [0.05, 0.1) is 17.9 Å². The third kappa shape index (κ3) is 2.56. The van der Waals surface area contributed by atoms with E-state index in [1.54, 1.807) is 17.9 Å². The third-order valence-corrected chi connectivity index (χ3v) is 2.59. The quantitative estimate of drug-likeness (QED) is 0.756. The van der Waals surface area contributed by atoms with Crippen LogP contribution in [0.25, 0.3) is 0 Å². The van der Waals surface area contributed by atoms with Gasteiger partial charge >= 0.3 is 0 Å². The van der Waals surface area contributed by atoms with Gasteiger partial charge in [0.1, 0.15) is 0 Å². The number of hydrogen-bond acceptors (Lipinski definition) is 3. The van der Waals surface area contributed by atoms with Crippen molar-refractivity contribution in [2.24, 2.45) is 7.05 Å². The summed E-state index contributed by atoms with van der Waals surface area (Å²) >= 11 is 0. The van der Waals surface area contributed by atoms with E-state index >= 15 is 0 Å². The van der Waals surface area contributed by atoms with Crippen LogP contribution in [0.15, 0.2) is 12.4 Å². The van der Waals surface area contributed by atoms with Gasteiger partial charge in [-0.1, -0.05) is 12.8 Å². The molecule has 5 nitrogen and oxygen atoms in total. The molecule has 5 heteroatoms. The SMILES string of the molecule is Cn1cc(C(=O)NOC2CCCC2)cn1. The number of rotatable bonds is 3. The number of nitrogens with one attached hydrogen (secondary N) is 1. The van der Waals surface area contributed by atoms with E-state index in [9.17, 15) is 4.79 Å². The smallest absolute Gasteiger partial charge is 0.275 e. The number of hydroxylamine groups is 1. The summed E-state index contributed by atoms with van der Waals surface area (Å²) in [5, 5.41) is 3.92. The van der Waals surface area contributed by atoms with Gasteiger partial charge in [-0.05, 0) is 12.8 Å². The van der Waals surface area contributed by atoms with Crippen LogP contribution in [0.4, 0.5) is 0 Å². The molecule has 1 saturated carbocycles. The van der Waals surface area contributed by atoms with E-state index in [0.29, 0.717) is 5.56 Å². The van der Waals surface area contributed by atoms with E-state index in [0.717, 1.165) is 12.8 Å². The molecule has 1 aliphatic rings. The molecule has 0 radical (unpaired) electrons. The van der Waals surface area contributed by atoms with Crippen molar-refractivity contribution in [3.63, 3.8) is 0 Å². The van der Waals surface area contributed by atoms with Crippen LogP contribution >= 0.6 is 0 Å². The minimum atomic E-state index is -0.227. The molecule has 1 heterocycles. The molecule has 82 valence electrons. The summed E-state index contributed by atoms with van der Waals surface area (Å²) in [5.41, 5.74) is 2.99. The van der Waals surface area contributed by atoms with Gasteiger partial charge in [0.2, 0.25) is 0 Å². The standard InChI is InChI=1S/C10H15N3O2/c1-13-7-8(6-11-13)10(14)12-15-9-4-2-3-5-9/h6-7,9H,2-5H2,1H3,(H,12,14). The van der Waals surface area contributed by atoms with Crippen molar-refractivity contribution < 1.29 is 9.63 Å². The Morgan fingerprint density at radius 2 is 2.33 bits per heavy atom. The van der Waals surface area contributed by atoms with Gasteiger partial charge in [-0.2, -0.15) is 5.10 Å². The molecule has 15 heavy (non-hydrogen) atoms. The molecular formula is C10H15N3O2. The second-order valence-corrected chi connectivity index (χ2v) is 3.86. The lowest BCUT2D eigenvalue weighted by atomic mass is 10.3. The Morgan fingerprint density at radius 3 is 2.93 bits per heavy atom. The highest BCUT2D eigenvalue weighted by atomic mass is 16.7. The summed E-state index contributed by atoms with van der Waals surface area (Å²) in [6.45, 7) is 0. The Hall–Kier alpha value is -1.36. The number of aromatic nitrogens is 2. The second kappa shape index (κ2) is 4.44. The van der Waals surface area contributed by atoms with E-state index in [4.69, 9.17) is 4.84 Å². The van der Waals surface area contributed by atoms with E-state index < -0.39 is 0 Å². The molecule has 1 fully saturated rings. The first-order valence-electron chi connectivity index (χ1n) is 5.20. The lowest BCUT2D eigenvalue weighted by molar-refractivity contribution is -0.0124. The lowest BCUT2D eigenvalue weighted by Gasteiger charge is -2.10. The average Bonchev–Trinajstić information content (AvgIpc) is 2.84. The highest BCUT2D eigenvalue weighted by molar-refractivity contribution is 5.92. The first kappa shape index (κ1) is 10.2. The number of nitrogens with zero attached hydrogens (tertiary/aromatic N) is 2. The van der Waals surface area contributed by atoms with Crippen LogP contribution in [0.1, 0.15) is 36.0 Å². The van der Waals surface area contributed by atoms with E-state index in [1.807, 2.05) is 0 Å². The first-order chi connectivity index (χ1) is 7.25. The molecule has 0 bridgehead atoms. The molecule has 0 aromatic carbocycles. The van der Waals surface area contributed by atoms with Crippen molar-refractivity contribution in [3.05, 3.63) is 18.0 Å². The summed E-state index contributed by atoms with van der Waals surface area (Å²) in [4.78, 5) is 16.8. The number of aryl methyl sites for hydroxylation is 1. The zero-order valence-corrected chi connectivity index (χ0v) is 8.77. The zero-order valence-electron chi connectivity index (χ0n) is 8.77. The highest BCUT2D eigenvalue weighted by Gasteiger charge is 2.17. The molecule has 0 spiro atoms. The third-order valence-electron chi connectivity index (χ3n) is 2.59. The van der Waals surface area contributed by atoms with Gasteiger partial charge in [-0.3, -0.25) is 14.3 Å². The van der Waals surface area contributed by atoms with Crippen molar-refractivity contribution in [1.29, 1.82) is 0 Å². The summed E-state index contributed by atoms with van der Waals surface area (Å²) in [5.74, 6) is -0.227. The molecule has 0 aliphatic heterocycles. The van der Waals surface area contributed by atoms with Crippen molar-refractivity contribution in [1.82, 2.24) is 15.3 Å². The number of carbonyl (C=O) groups excluding carboxylic acids is 1. The maximum Gasteiger partial charge on any atom is 0.278 e. The normalized spacial score (nSPS) is 16.9. The summed E-state index contributed by atoms with van der Waals surface area (Å²) in [7, 11) is 1.77. The monoisotopic (exact) mass is 209 g/mol. The summed E-state index contributed by atoms with van der Waals surface area (Å²) in [6.07, 6.45) is 7.81. The largest absolute Gasteiger partial charge is 0.278 e. The van der Waals surface area contributed by atoms with Gasteiger partial charge in [0.25, 0.3) is 5.91 Å². The Kier molecular flexibility index (Phi) is 3.01. The lowest BCUT2D eigenvalue weighted by Crippen LogP contribution is -2.28. The van der Waals surface area contributed by atoms with Gasteiger partial charge in [-0.15, -0.1) is 0 Å². The number of amides is 1. The summed E-state index contributed by atoms with van der Waals surface area (Å²) in [6, 6.07) is 0. The van der Waals surface area contributed by atoms with Crippen LogP contribution in [0, 0.1) is 0 Å². The Morgan fingerprint density at radius 1 is 1.60 bits per heavy atom. The van der Waals surface area contributed by atoms with Gasteiger partial charge in [0, 0.05) is 13.2 Å². The average molecular weight is 209 g/mol. The molecule has 0 saturated heterocycles. The van der Waals surface area contributed by atoms with Gasteiger partial charge in [0.15, 0.2) is 0 Å². The molecule has 1 aliphatic carbocycles. The van der Waals surface area contributed by atoms with Crippen LogP contribution in [-0.2, 0) is 11.9 Å². The van der Waals surface area contributed by atoms with E-state index in [1.165, 1.54) is 19.0 Å². The second-order valence-electron chi connectivity index (χ2n) is 3.86. The molecule has 1 N–H and O–H groups in total. The summed E-state index contributed by atoms with van der Waals surface area (Å²) < 4.78 is 1.59. The van der Waals surface area contributed by atoms with Crippen molar-refractivity contribution in [2.45, 2.75) is 31.8 Å². The van der Waals surface area contributed by atoms with Crippen molar-refractivity contribution >= 4 is 5.91 Å². The van der Waals surface area contributed by atoms with Crippen LogP contribution < -0.4 is 5.48 Å². The topological polar surface area (TPSA) is 56.2 Å². The van der Waals surface area contributed by atoms with Crippen LogP contribution in [0.5, 0.6) is 0 Å². The van der Waals surface area contributed by atoms with E-state index in [-0.39, 0.29) is 12.0 Å². The zero-order chi connectivity index (χ0) is 10.7. The first-order valence-corrected chi connectivity index (χ1v) is 5.20. The van der Waals surface area contributed by atoms with Gasteiger partial charge in [-0.25, -0.2) is 5.48 Å². The fourth-order valence-corrected chi connectivity index (χ4v) is 1.74. The molecule has 1 amide bonds. The fourth-order valence-electron chi connectivity index (χ4n) is 1.74.